The molecule has 2 aromatic rings. The predicted octanol–water partition coefficient (Wildman–Crippen LogP) is 3.58. The summed E-state index contributed by atoms with van der Waals surface area (Å²) >= 11 is 2.15. The summed E-state index contributed by atoms with van der Waals surface area (Å²) in [7, 11) is 1.51. The van der Waals surface area contributed by atoms with Crippen molar-refractivity contribution in [2.45, 2.75) is 20.3 Å². The SMILES string of the molecule is CCOc1cc(C=NNC(=O)CC(=O)Nc2ccccc2OC)cc(I)c1OCC. The first-order chi connectivity index (χ1) is 14.5. The van der Waals surface area contributed by atoms with E-state index in [1.165, 1.54) is 13.3 Å². The molecule has 0 heterocycles. The summed E-state index contributed by atoms with van der Waals surface area (Å²) in [5, 5.41) is 6.56. The molecule has 2 rings (SSSR count). The van der Waals surface area contributed by atoms with Gasteiger partial charge in [-0.2, -0.15) is 5.10 Å². The van der Waals surface area contributed by atoms with E-state index in [0.29, 0.717) is 36.1 Å². The van der Waals surface area contributed by atoms with Crippen molar-refractivity contribution in [1.29, 1.82) is 0 Å². The number of para-hydroxylation sites is 2. The number of hydrogen-bond acceptors (Lipinski definition) is 6. The Bertz CT molecular complexity index is 918. The van der Waals surface area contributed by atoms with Crippen LogP contribution < -0.4 is 25.0 Å². The molecule has 0 aliphatic heterocycles. The van der Waals surface area contributed by atoms with E-state index in [9.17, 15) is 9.59 Å². The number of carbonyl (C=O) groups is 2. The van der Waals surface area contributed by atoms with Crippen molar-refractivity contribution in [3.63, 3.8) is 0 Å². The first-order valence-electron chi connectivity index (χ1n) is 9.32. The van der Waals surface area contributed by atoms with Crippen LogP contribution in [-0.4, -0.2) is 38.4 Å². The van der Waals surface area contributed by atoms with Gasteiger partial charge in [0.2, 0.25) is 11.8 Å². The Balaban J connectivity index is 1.96. The second-order valence-electron chi connectivity index (χ2n) is 5.91. The van der Waals surface area contributed by atoms with Gasteiger partial charge in [0.05, 0.1) is 35.8 Å². The molecule has 0 saturated heterocycles. The number of nitrogens with zero attached hydrogens (tertiary/aromatic N) is 1. The molecule has 2 aromatic carbocycles. The van der Waals surface area contributed by atoms with E-state index in [1.54, 1.807) is 30.3 Å². The monoisotopic (exact) mass is 525 g/mol. The average molecular weight is 525 g/mol. The van der Waals surface area contributed by atoms with Gasteiger partial charge in [-0.1, -0.05) is 12.1 Å². The second-order valence-corrected chi connectivity index (χ2v) is 7.08. The molecule has 0 unspecified atom stereocenters. The molecule has 0 bridgehead atoms. The van der Waals surface area contributed by atoms with Gasteiger partial charge in [0.1, 0.15) is 12.2 Å². The third-order valence-corrected chi connectivity index (χ3v) is 4.53. The van der Waals surface area contributed by atoms with Crippen LogP contribution in [0.5, 0.6) is 17.2 Å². The van der Waals surface area contributed by atoms with Crippen LogP contribution in [-0.2, 0) is 9.59 Å². The van der Waals surface area contributed by atoms with Crippen molar-refractivity contribution in [2.24, 2.45) is 5.10 Å². The first kappa shape index (κ1) is 23.5. The first-order valence-corrected chi connectivity index (χ1v) is 10.4. The summed E-state index contributed by atoms with van der Waals surface area (Å²) < 4.78 is 17.3. The van der Waals surface area contributed by atoms with Gasteiger partial charge < -0.3 is 19.5 Å². The number of nitrogens with one attached hydrogen (secondary N) is 2. The van der Waals surface area contributed by atoms with Crippen molar-refractivity contribution in [3.05, 3.63) is 45.5 Å². The standard InChI is InChI=1S/C21H24IN3O5/c1-4-29-18-11-14(10-15(22)21(18)30-5-2)13-23-25-20(27)12-19(26)24-16-8-6-7-9-17(16)28-3/h6-11,13H,4-5,12H2,1-3H3,(H,24,26)(H,25,27). The zero-order valence-corrected chi connectivity index (χ0v) is 19.2. The molecule has 0 atom stereocenters. The number of benzene rings is 2. The van der Waals surface area contributed by atoms with Crippen molar-refractivity contribution < 1.29 is 23.8 Å². The largest absolute Gasteiger partial charge is 0.495 e. The fraction of sp³-hybridized carbons (Fsp3) is 0.286. The van der Waals surface area contributed by atoms with Crippen LogP contribution in [0.2, 0.25) is 0 Å². The summed E-state index contributed by atoms with van der Waals surface area (Å²) in [5.74, 6) is 0.787. The maximum absolute atomic E-state index is 12.1. The molecule has 0 fully saturated rings. The molecule has 30 heavy (non-hydrogen) atoms. The minimum atomic E-state index is -0.538. The van der Waals surface area contributed by atoms with Gasteiger partial charge in [-0.15, -0.1) is 0 Å². The highest BCUT2D eigenvalue weighted by Crippen LogP contribution is 2.33. The summed E-state index contributed by atoms with van der Waals surface area (Å²) in [6.45, 7) is 4.81. The third kappa shape index (κ3) is 6.90. The molecule has 0 aliphatic carbocycles. The number of hydrazone groups is 1. The molecular weight excluding hydrogens is 501 g/mol. The Morgan fingerprint density at radius 2 is 1.80 bits per heavy atom. The lowest BCUT2D eigenvalue weighted by Crippen LogP contribution is -2.24. The van der Waals surface area contributed by atoms with Gasteiger partial charge in [-0.05, 0) is 66.3 Å². The van der Waals surface area contributed by atoms with Crippen LogP contribution in [0.3, 0.4) is 0 Å². The maximum atomic E-state index is 12.1. The van der Waals surface area contributed by atoms with Crippen molar-refractivity contribution >= 4 is 46.3 Å². The lowest BCUT2D eigenvalue weighted by atomic mass is 10.2. The Hall–Kier alpha value is -2.82. The Morgan fingerprint density at radius 1 is 1.07 bits per heavy atom. The van der Waals surface area contributed by atoms with Crippen molar-refractivity contribution in [3.8, 4) is 17.2 Å². The summed E-state index contributed by atoms with van der Waals surface area (Å²) in [5.41, 5.74) is 3.57. The fourth-order valence-corrected chi connectivity index (χ4v) is 3.30. The zero-order valence-electron chi connectivity index (χ0n) is 17.0. The number of halogens is 1. The number of anilines is 1. The van der Waals surface area contributed by atoms with Gasteiger partial charge in [0.25, 0.3) is 0 Å². The molecule has 2 amide bonds. The minimum absolute atomic E-state index is 0.375. The molecule has 0 radical (unpaired) electrons. The molecule has 8 nitrogen and oxygen atoms in total. The highest BCUT2D eigenvalue weighted by Gasteiger charge is 2.13. The fourth-order valence-electron chi connectivity index (χ4n) is 2.52. The van der Waals surface area contributed by atoms with Gasteiger partial charge in [-0.25, -0.2) is 5.43 Å². The number of methoxy groups -OCH3 is 1. The minimum Gasteiger partial charge on any atom is -0.495 e. The van der Waals surface area contributed by atoms with E-state index in [1.807, 2.05) is 19.9 Å². The van der Waals surface area contributed by atoms with E-state index in [2.05, 4.69) is 38.4 Å². The number of amides is 2. The average Bonchev–Trinajstić information content (AvgIpc) is 2.71. The molecule has 0 aromatic heterocycles. The summed E-state index contributed by atoms with van der Waals surface area (Å²) in [6.07, 6.45) is 1.11. The smallest absolute Gasteiger partial charge is 0.249 e. The van der Waals surface area contributed by atoms with Crippen molar-refractivity contribution in [2.75, 3.05) is 25.6 Å². The Labute approximate surface area is 189 Å². The van der Waals surface area contributed by atoms with Crippen LogP contribution in [0.25, 0.3) is 0 Å². The normalized spacial score (nSPS) is 10.5. The third-order valence-electron chi connectivity index (χ3n) is 3.73. The zero-order chi connectivity index (χ0) is 21.9. The van der Waals surface area contributed by atoms with Crippen LogP contribution in [0.4, 0.5) is 5.69 Å². The topological polar surface area (TPSA) is 98.2 Å². The molecule has 160 valence electrons. The quantitative estimate of drug-likeness (QED) is 0.214. The van der Waals surface area contributed by atoms with E-state index >= 15 is 0 Å². The molecule has 9 heteroatoms. The van der Waals surface area contributed by atoms with Crippen molar-refractivity contribution in [1.82, 2.24) is 5.43 Å². The number of hydrogen-bond donors (Lipinski definition) is 2. The predicted molar refractivity (Wildman–Crippen MR) is 123 cm³/mol. The van der Waals surface area contributed by atoms with E-state index < -0.39 is 11.8 Å². The number of ether oxygens (including phenoxy) is 3. The van der Waals surface area contributed by atoms with Gasteiger partial charge in [0.15, 0.2) is 11.5 Å². The molecule has 0 spiro atoms. The van der Waals surface area contributed by atoms with E-state index in [-0.39, 0.29) is 6.42 Å². The Morgan fingerprint density at radius 3 is 2.50 bits per heavy atom. The molecular formula is C21H24IN3O5. The maximum Gasteiger partial charge on any atom is 0.249 e. The van der Waals surface area contributed by atoms with Gasteiger partial charge in [0, 0.05) is 0 Å². The molecule has 2 N–H and O–H groups in total. The Kier molecular flexibility index (Phi) is 9.39. The highest BCUT2D eigenvalue weighted by molar-refractivity contribution is 14.1. The molecule has 0 aliphatic rings. The summed E-state index contributed by atoms with van der Waals surface area (Å²) in [4.78, 5) is 24.1. The van der Waals surface area contributed by atoms with Crippen LogP contribution in [0.1, 0.15) is 25.8 Å². The second kappa shape index (κ2) is 12.0. The van der Waals surface area contributed by atoms with Crippen LogP contribution >= 0.6 is 22.6 Å². The van der Waals surface area contributed by atoms with Gasteiger partial charge in [-0.3, -0.25) is 9.59 Å². The number of rotatable bonds is 10. The lowest BCUT2D eigenvalue weighted by molar-refractivity contribution is -0.126. The lowest BCUT2D eigenvalue weighted by Gasteiger charge is -2.13. The van der Waals surface area contributed by atoms with E-state index in [0.717, 1.165) is 9.13 Å². The molecule has 0 saturated carbocycles. The van der Waals surface area contributed by atoms with Crippen LogP contribution in [0.15, 0.2) is 41.5 Å². The van der Waals surface area contributed by atoms with Gasteiger partial charge >= 0.3 is 0 Å². The highest BCUT2D eigenvalue weighted by atomic mass is 127. The summed E-state index contributed by atoms with van der Waals surface area (Å²) in [6, 6.07) is 10.6. The number of carbonyl (C=O) groups excluding carboxylic acids is 2. The van der Waals surface area contributed by atoms with E-state index in [4.69, 9.17) is 14.2 Å². The van der Waals surface area contributed by atoms with Crippen LogP contribution in [0, 0.1) is 3.57 Å².